The van der Waals surface area contributed by atoms with Crippen LogP contribution in [0.25, 0.3) is 0 Å². The maximum atomic E-state index is 10.4. The van der Waals surface area contributed by atoms with Crippen LogP contribution in [0.3, 0.4) is 0 Å². The van der Waals surface area contributed by atoms with Crippen molar-refractivity contribution in [1.82, 2.24) is 0 Å². The Morgan fingerprint density at radius 3 is 2.55 bits per heavy atom. The monoisotopic (exact) mass is 182 g/mol. The van der Waals surface area contributed by atoms with Crippen LogP contribution in [0.5, 0.6) is 0 Å². The summed E-state index contributed by atoms with van der Waals surface area (Å²) < 4.78 is 8.05. The minimum Gasteiger partial charge on any atom is -0.418 e. The Balaban J connectivity index is 3.49. The highest BCUT2D eigenvalue weighted by atomic mass is 35.5. The Bertz CT molecular complexity index is 130. The van der Waals surface area contributed by atoms with E-state index >= 15 is 0 Å². The van der Waals surface area contributed by atoms with Crippen molar-refractivity contribution in [3.05, 3.63) is 0 Å². The van der Waals surface area contributed by atoms with Crippen molar-refractivity contribution in [3.8, 4) is 0 Å². The first-order chi connectivity index (χ1) is 5.20. The lowest BCUT2D eigenvalue weighted by Gasteiger charge is -1.99. The number of hydrogen-bond donors (Lipinski definition) is 1. The highest BCUT2D eigenvalue weighted by molar-refractivity contribution is 6.17. The van der Waals surface area contributed by atoms with Crippen molar-refractivity contribution in [2.75, 3.05) is 12.7 Å². The zero-order valence-corrected chi connectivity index (χ0v) is 6.34. The summed E-state index contributed by atoms with van der Waals surface area (Å²) >= 11 is 4.97. The molecule has 5 nitrogen and oxygen atoms in total. The van der Waals surface area contributed by atoms with Crippen molar-refractivity contribution >= 4 is 23.7 Å². The number of aliphatic hydroxyl groups is 1. The van der Waals surface area contributed by atoms with E-state index in [1.165, 1.54) is 0 Å². The van der Waals surface area contributed by atoms with Gasteiger partial charge in [0.05, 0.1) is 13.0 Å². The van der Waals surface area contributed by atoms with Gasteiger partial charge in [0.15, 0.2) is 6.07 Å². The number of halogens is 1. The number of ether oxygens (including phenoxy) is 2. The number of carbonyl (C=O) groups excluding carboxylic acids is 2. The van der Waals surface area contributed by atoms with Crippen molar-refractivity contribution in [1.29, 1.82) is 0 Å². The fourth-order valence-electron chi connectivity index (χ4n) is 0.309. The largest absolute Gasteiger partial charge is 0.517 e. The normalized spacial score (nSPS) is 8.91. The number of carbonyl (C=O) groups is 2. The molecule has 0 aliphatic heterocycles. The van der Waals surface area contributed by atoms with E-state index in [0.29, 0.717) is 0 Å². The molecule has 1 N–H and O–H groups in total. The molecule has 0 fully saturated rings. The van der Waals surface area contributed by atoms with Crippen molar-refractivity contribution in [2.24, 2.45) is 0 Å². The van der Waals surface area contributed by atoms with Gasteiger partial charge in [-0.3, -0.25) is 4.79 Å². The smallest absolute Gasteiger partial charge is 0.418 e. The van der Waals surface area contributed by atoms with Crippen LogP contribution in [-0.2, 0) is 14.3 Å². The molecule has 0 saturated heterocycles. The van der Waals surface area contributed by atoms with Crippen LogP contribution in [0.15, 0.2) is 0 Å². The van der Waals surface area contributed by atoms with Gasteiger partial charge in [0.2, 0.25) is 0 Å². The maximum absolute atomic E-state index is 10.4. The lowest BCUT2D eigenvalue weighted by Crippen LogP contribution is -2.13. The average molecular weight is 183 g/mol. The quantitative estimate of drug-likeness (QED) is 0.385. The molecule has 0 rings (SSSR count). The zero-order valence-electron chi connectivity index (χ0n) is 5.58. The Hall–Kier alpha value is -0.810. The van der Waals surface area contributed by atoms with Crippen LogP contribution in [0.4, 0.5) is 4.79 Å². The SMILES string of the molecule is O=C(CCO)OC(=O)OCCl. The number of hydrogen-bond acceptors (Lipinski definition) is 5. The minimum atomic E-state index is -1.15. The van der Waals surface area contributed by atoms with E-state index in [1.54, 1.807) is 0 Å². The molecule has 64 valence electrons. The second kappa shape index (κ2) is 5.94. The summed E-state index contributed by atoms with van der Waals surface area (Å²) in [5.41, 5.74) is 0. The number of aliphatic hydroxyl groups excluding tert-OH is 1. The van der Waals surface area contributed by atoms with Gasteiger partial charge >= 0.3 is 12.1 Å². The highest BCUT2D eigenvalue weighted by Crippen LogP contribution is 1.90. The zero-order chi connectivity index (χ0) is 8.69. The molecule has 6 heteroatoms. The molecule has 0 aliphatic rings. The van der Waals surface area contributed by atoms with Gasteiger partial charge in [0.25, 0.3) is 0 Å². The molecular formula is C5H7ClO5. The Kier molecular flexibility index (Phi) is 5.50. The highest BCUT2D eigenvalue weighted by Gasteiger charge is 2.09. The van der Waals surface area contributed by atoms with E-state index in [1.807, 2.05) is 0 Å². The molecule has 0 bridgehead atoms. The predicted molar refractivity (Wildman–Crippen MR) is 35.0 cm³/mol. The van der Waals surface area contributed by atoms with E-state index in [4.69, 9.17) is 16.7 Å². The lowest BCUT2D eigenvalue weighted by atomic mass is 10.5. The van der Waals surface area contributed by atoms with Gasteiger partial charge in [-0.15, -0.1) is 0 Å². The third kappa shape index (κ3) is 5.63. The minimum absolute atomic E-state index is 0.239. The predicted octanol–water partition coefficient (Wildman–Crippen LogP) is 0.245. The summed E-state index contributed by atoms with van der Waals surface area (Å²) in [6, 6.07) is -0.370. The molecule has 0 aromatic rings. The molecule has 0 aliphatic carbocycles. The third-order valence-electron chi connectivity index (χ3n) is 0.686. The van der Waals surface area contributed by atoms with Gasteiger partial charge in [-0.25, -0.2) is 4.79 Å². The molecule has 0 spiro atoms. The molecule has 0 aromatic carbocycles. The fraction of sp³-hybridized carbons (Fsp3) is 0.600. The average Bonchev–Trinajstić information content (AvgIpc) is 1.87. The van der Waals surface area contributed by atoms with E-state index in [2.05, 4.69) is 9.47 Å². The van der Waals surface area contributed by atoms with Gasteiger partial charge in [-0.1, -0.05) is 11.6 Å². The van der Waals surface area contributed by atoms with Gasteiger partial charge in [-0.05, 0) is 0 Å². The van der Waals surface area contributed by atoms with Crippen LogP contribution in [-0.4, -0.2) is 29.9 Å². The van der Waals surface area contributed by atoms with Gasteiger partial charge < -0.3 is 14.6 Å². The molecule has 0 heterocycles. The first kappa shape index (κ1) is 10.2. The van der Waals surface area contributed by atoms with Gasteiger partial charge in [0, 0.05) is 0 Å². The standard InChI is InChI=1S/C5H7ClO5/c6-3-10-5(9)11-4(8)1-2-7/h7H,1-3H2. The van der Waals surface area contributed by atoms with Gasteiger partial charge in [-0.2, -0.15) is 0 Å². The van der Waals surface area contributed by atoms with E-state index in [-0.39, 0.29) is 19.1 Å². The maximum Gasteiger partial charge on any atom is 0.517 e. The summed E-state index contributed by atoms with van der Waals surface area (Å²) in [6.07, 6.45) is -1.39. The molecule has 0 saturated carbocycles. The van der Waals surface area contributed by atoms with E-state index in [0.717, 1.165) is 0 Å². The summed E-state index contributed by atoms with van der Waals surface area (Å²) in [6.45, 7) is -0.368. The summed E-state index contributed by atoms with van der Waals surface area (Å²) in [5.74, 6) is -0.845. The summed E-state index contributed by atoms with van der Waals surface area (Å²) in [5, 5.41) is 8.20. The summed E-state index contributed by atoms with van der Waals surface area (Å²) in [4.78, 5) is 20.7. The molecule has 0 aromatic heterocycles. The second-order valence-electron chi connectivity index (χ2n) is 1.45. The number of rotatable bonds is 3. The summed E-state index contributed by atoms with van der Waals surface area (Å²) in [7, 11) is 0. The van der Waals surface area contributed by atoms with Crippen LogP contribution in [0.1, 0.15) is 6.42 Å². The Morgan fingerprint density at radius 1 is 1.45 bits per heavy atom. The van der Waals surface area contributed by atoms with Crippen molar-refractivity contribution < 1.29 is 24.2 Å². The Labute approximate surface area is 67.8 Å². The van der Waals surface area contributed by atoms with Crippen LogP contribution in [0, 0.1) is 0 Å². The molecule has 0 radical (unpaired) electrons. The molecule has 0 amide bonds. The fourth-order valence-corrected chi connectivity index (χ4v) is 0.398. The van der Waals surface area contributed by atoms with E-state index in [9.17, 15) is 9.59 Å². The topological polar surface area (TPSA) is 72.8 Å². The number of alkyl halides is 1. The molecule has 11 heavy (non-hydrogen) atoms. The van der Waals surface area contributed by atoms with Gasteiger partial charge in [0.1, 0.15) is 0 Å². The number of esters is 1. The van der Waals surface area contributed by atoms with Crippen molar-refractivity contribution in [2.45, 2.75) is 6.42 Å². The second-order valence-corrected chi connectivity index (χ2v) is 1.67. The van der Waals surface area contributed by atoms with Crippen LogP contribution < -0.4 is 0 Å². The molecule has 0 atom stereocenters. The molecular weight excluding hydrogens is 176 g/mol. The first-order valence-corrected chi connectivity index (χ1v) is 3.28. The third-order valence-corrected chi connectivity index (χ3v) is 0.795. The van der Waals surface area contributed by atoms with Crippen LogP contribution in [0.2, 0.25) is 0 Å². The first-order valence-electron chi connectivity index (χ1n) is 2.75. The van der Waals surface area contributed by atoms with Crippen molar-refractivity contribution in [3.63, 3.8) is 0 Å². The lowest BCUT2D eigenvalue weighted by molar-refractivity contribution is -0.140. The Morgan fingerprint density at radius 2 is 2.09 bits per heavy atom. The van der Waals surface area contributed by atoms with E-state index < -0.39 is 12.1 Å². The molecule has 0 unspecified atom stereocenters. The van der Waals surface area contributed by atoms with Crippen LogP contribution >= 0.6 is 11.6 Å².